The van der Waals surface area contributed by atoms with E-state index in [-0.39, 0.29) is 0 Å². The van der Waals surface area contributed by atoms with Crippen LogP contribution in [0.3, 0.4) is 0 Å². The highest BCUT2D eigenvalue weighted by Gasteiger charge is 2.22. The molecule has 0 unspecified atom stereocenters. The van der Waals surface area contributed by atoms with Crippen molar-refractivity contribution in [3.8, 4) is 0 Å². The average Bonchev–Trinajstić information content (AvgIpc) is 2.30. The van der Waals surface area contributed by atoms with Crippen molar-refractivity contribution in [1.29, 1.82) is 0 Å². The zero-order valence-electron chi connectivity index (χ0n) is 9.88. The van der Waals surface area contributed by atoms with Crippen LogP contribution in [0.5, 0.6) is 0 Å². The summed E-state index contributed by atoms with van der Waals surface area (Å²) in [7, 11) is 0. The van der Waals surface area contributed by atoms with E-state index >= 15 is 0 Å². The Balaban J connectivity index is 1.99. The lowest BCUT2D eigenvalue weighted by atomic mass is 9.76. The van der Waals surface area contributed by atoms with Gasteiger partial charge in [0.05, 0.1) is 0 Å². The van der Waals surface area contributed by atoms with Crippen LogP contribution in [0.25, 0.3) is 0 Å². The summed E-state index contributed by atoms with van der Waals surface area (Å²) in [4.78, 5) is 0. The Hall–Kier alpha value is -0.750. The molecule has 2 rings (SSSR count). The second-order valence-corrected chi connectivity index (χ2v) is 5.38. The van der Waals surface area contributed by atoms with Crippen molar-refractivity contribution in [2.75, 3.05) is 0 Å². The standard InChI is InChI=1S/C15H19Cl/c1-11(2)12-3-5-13(6-4-12)14-7-9-15(16)10-8-14/h7-10,12-13H,1,3-6H2,2H3. The van der Waals surface area contributed by atoms with E-state index in [0.717, 1.165) is 16.9 Å². The van der Waals surface area contributed by atoms with Crippen LogP contribution in [0.2, 0.25) is 5.02 Å². The largest absolute Gasteiger partial charge is 0.0999 e. The lowest BCUT2D eigenvalue weighted by Crippen LogP contribution is -2.13. The Morgan fingerprint density at radius 2 is 1.69 bits per heavy atom. The predicted molar refractivity (Wildman–Crippen MR) is 71.0 cm³/mol. The van der Waals surface area contributed by atoms with E-state index in [0.29, 0.717) is 0 Å². The number of halogens is 1. The summed E-state index contributed by atoms with van der Waals surface area (Å²) in [6.07, 6.45) is 5.17. The van der Waals surface area contributed by atoms with Gasteiger partial charge in [-0.1, -0.05) is 35.9 Å². The molecule has 0 aromatic heterocycles. The van der Waals surface area contributed by atoms with Crippen molar-refractivity contribution < 1.29 is 0 Å². The number of hydrogen-bond acceptors (Lipinski definition) is 0. The number of benzene rings is 1. The summed E-state index contributed by atoms with van der Waals surface area (Å²) in [5.74, 6) is 1.48. The van der Waals surface area contributed by atoms with Gasteiger partial charge in [-0.3, -0.25) is 0 Å². The molecule has 16 heavy (non-hydrogen) atoms. The molecule has 1 aromatic rings. The molecule has 0 aliphatic heterocycles. The predicted octanol–water partition coefficient (Wildman–Crippen LogP) is 5.19. The molecule has 0 heterocycles. The van der Waals surface area contributed by atoms with Crippen LogP contribution in [-0.2, 0) is 0 Å². The molecule has 0 atom stereocenters. The molecule has 0 nitrogen and oxygen atoms in total. The number of hydrogen-bond donors (Lipinski definition) is 0. The highest BCUT2D eigenvalue weighted by molar-refractivity contribution is 6.30. The summed E-state index contributed by atoms with van der Waals surface area (Å²) >= 11 is 5.90. The molecule has 0 N–H and O–H groups in total. The number of rotatable bonds is 2. The molecule has 0 spiro atoms. The Morgan fingerprint density at radius 3 is 2.19 bits per heavy atom. The Kier molecular flexibility index (Phi) is 3.70. The quantitative estimate of drug-likeness (QED) is 0.618. The van der Waals surface area contributed by atoms with Crippen LogP contribution in [0, 0.1) is 5.92 Å². The monoisotopic (exact) mass is 234 g/mol. The average molecular weight is 235 g/mol. The molecule has 1 aliphatic rings. The molecule has 1 saturated carbocycles. The lowest BCUT2D eigenvalue weighted by Gasteiger charge is -2.29. The maximum atomic E-state index is 5.90. The minimum Gasteiger partial charge on any atom is -0.0999 e. The molecule has 0 amide bonds. The highest BCUT2D eigenvalue weighted by Crippen LogP contribution is 2.38. The second kappa shape index (κ2) is 5.05. The molecular formula is C15H19Cl. The van der Waals surface area contributed by atoms with Crippen LogP contribution in [0.1, 0.15) is 44.1 Å². The minimum atomic E-state index is 0.730. The van der Waals surface area contributed by atoms with Crippen LogP contribution in [0.15, 0.2) is 36.4 Å². The normalized spacial score (nSPS) is 25.4. The summed E-state index contributed by atoms with van der Waals surface area (Å²) in [6, 6.07) is 8.35. The van der Waals surface area contributed by atoms with Crippen molar-refractivity contribution in [2.45, 2.75) is 38.5 Å². The van der Waals surface area contributed by atoms with Crippen molar-refractivity contribution in [3.05, 3.63) is 47.0 Å². The van der Waals surface area contributed by atoms with Gasteiger partial charge in [0.2, 0.25) is 0 Å². The van der Waals surface area contributed by atoms with Gasteiger partial charge in [0.25, 0.3) is 0 Å². The van der Waals surface area contributed by atoms with Crippen molar-refractivity contribution in [2.24, 2.45) is 5.92 Å². The molecule has 0 saturated heterocycles. The van der Waals surface area contributed by atoms with E-state index < -0.39 is 0 Å². The molecule has 1 heteroatoms. The molecule has 0 radical (unpaired) electrons. The third-order valence-electron chi connectivity index (χ3n) is 3.77. The van der Waals surface area contributed by atoms with E-state index in [1.165, 1.54) is 36.8 Å². The van der Waals surface area contributed by atoms with Gasteiger partial charge in [-0.05, 0) is 62.1 Å². The van der Waals surface area contributed by atoms with Crippen molar-refractivity contribution in [3.63, 3.8) is 0 Å². The second-order valence-electron chi connectivity index (χ2n) is 4.95. The third-order valence-corrected chi connectivity index (χ3v) is 4.02. The lowest BCUT2D eigenvalue weighted by molar-refractivity contribution is 0.363. The fourth-order valence-corrected chi connectivity index (χ4v) is 2.78. The zero-order chi connectivity index (χ0) is 11.5. The molecule has 86 valence electrons. The Labute approximate surface area is 103 Å². The van der Waals surface area contributed by atoms with Crippen LogP contribution < -0.4 is 0 Å². The highest BCUT2D eigenvalue weighted by atomic mass is 35.5. The maximum absolute atomic E-state index is 5.90. The summed E-state index contributed by atoms with van der Waals surface area (Å²) < 4.78 is 0. The first-order valence-corrected chi connectivity index (χ1v) is 6.45. The first-order valence-electron chi connectivity index (χ1n) is 6.07. The summed E-state index contributed by atoms with van der Waals surface area (Å²) in [5, 5.41) is 0.833. The van der Waals surface area contributed by atoms with Gasteiger partial charge in [0.15, 0.2) is 0 Å². The van der Waals surface area contributed by atoms with Gasteiger partial charge in [0, 0.05) is 5.02 Å². The molecule has 1 aromatic carbocycles. The van der Waals surface area contributed by atoms with Crippen LogP contribution >= 0.6 is 11.6 Å². The fourth-order valence-electron chi connectivity index (χ4n) is 2.65. The van der Waals surface area contributed by atoms with Gasteiger partial charge >= 0.3 is 0 Å². The Bertz CT molecular complexity index is 356. The smallest absolute Gasteiger partial charge is 0.0406 e. The number of allylic oxidation sites excluding steroid dienone is 1. The van der Waals surface area contributed by atoms with E-state index in [1.54, 1.807) is 0 Å². The molecule has 1 fully saturated rings. The van der Waals surface area contributed by atoms with E-state index in [9.17, 15) is 0 Å². The van der Waals surface area contributed by atoms with E-state index in [4.69, 9.17) is 11.6 Å². The van der Waals surface area contributed by atoms with Crippen LogP contribution in [0.4, 0.5) is 0 Å². The van der Waals surface area contributed by atoms with Gasteiger partial charge in [-0.15, -0.1) is 0 Å². The SMILES string of the molecule is C=C(C)C1CCC(c2ccc(Cl)cc2)CC1. The Morgan fingerprint density at radius 1 is 1.12 bits per heavy atom. The topological polar surface area (TPSA) is 0 Å². The maximum Gasteiger partial charge on any atom is 0.0406 e. The van der Waals surface area contributed by atoms with Gasteiger partial charge < -0.3 is 0 Å². The van der Waals surface area contributed by atoms with E-state index in [1.807, 2.05) is 12.1 Å². The third kappa shape index (κ3) is 2.68. The van der Waals surface area contributed by atoms with Crippen molar-refractivity contribution >= 4 is 11.6 Å². The molecule has 1 aliphatic carbocycles. The van der Waals surface area contributed by atoms with Crippen molar-refractivity contribution in [1.82, 2.24) is 0 Å². The van der Waals surface area contributed by atoms with Gasteiger partial charge in [-0.2, -0.15) is 0 Å². The van der Waals surface area contributed by atoms with Gasteiger partial charge in [0.1, 0.15) is 0 Å². The van der Waals surface area contributed by atoms with Crippen LogP contribution in [-0.4, -0.2) is 0 Å². The first-order chi connectivity index (χ1) is 7.66. The fraction of sp³-hybridized carbons (Fsp3) is 0.467. The van der Waals surface area contributed by atoms with Gasteiger partial charge in [-0.25, -0.2) is 0 Å². The summed E-state index contributed by atoms with van der Waals surface area (Å²) in [6.45, 7) is 6.23. The summed E-state index contributed by atoms with van der Waals surface area (Å²) in [5.41, 5.74) is 2.80. The molecular weight excluding hydrogens is 216 g/mol. The first kappa shape index (κ1) is 11.7. The minimum absolute atomic E-state index is 0.730. The van der Waals surface area contributed by atoms with E-state index in [2.05, 4.69) is 25.6 Å². The zero-order valence-corrected chi connectivity index (χ0v) is 10.6. The molecule has 0 bridgehead atoms.